The summed E-state index contributed by atoms with van der Waals surface area (Å²) in [6.07, 6.45) is 1.71. The highest BCUT2D eigenvalue weighted by Crippen LogP contribution is 2.14. The summed E-state index contributed by atoms with van der Waals surface area (Å²) < 4.78 is 0. The molecule has 0 spiro atoms. The highest BCUT2D eigenvalue weighted by atomic mass is 16.7. The molecule has 0 bridgehead atoms. The van der Waals surface area contributed by atoms with E-state index in [9.17, 15) is 19.2 Å². The fourth-order valence-corrected chi connectivity index (χ4v) is 3.16. The maximum atomic E-state index is 12.2. The summed E-state index contributed by atoms with van der Waals surface area (Å²) in [5.74, 6) is -0.907. The van der Waals surface area contributed by atoms with Gasteiger partial charge in [0, 0.05) is 39.0 Å². The molecule has 3 saturated heterocycles. The number of carbonyl (C=O) groups excluding carboxylic acids is 4. The van der Waals surface area contributed by atoms with Crippen molar-refractivity contribution in [3.63, 3.8) is 0 Å². The second-order valence-corrected chi connectivity index (χ2v) is 6.29. The first-order valence-electron chi connectivity index (χ1n) is 8.37. The molecule has 0 saturated carbocycles. The van der Waals surface area contributed by atoms with E-state index in [0.29, 0.717) is 37.8 Å². The molecule has 0 N–H and O–H groups in total. The average molecular weight is 338 g/mol. The summed E-state index contributed by atoms with van der Waals surface area (Å²) in [6, 6.07) is 0. The van der Waals surface area contributed by atoms with Crippen LogP contribution in [0.2, 0.25) is 0 Å². The third-order valence-electron chi connectivity index (χ3n) is 4.62. The van der Waals surface area contributed by atoms with Crippen molar-refractivity contribution in [3.05, 3.63) is 0 Å². The van der Waals surface area contributed by atoms with Gasteiger partial charge in [-0.05, 0) is 25.9 Å². The van der Waals surface area contributed by atoms with Crippen molar-refractivity contribution in [3.8, 4) is 0 Å². The minimum Gasteiger partial charge on any atom is -0.338 e. The zero-order valence-corrected chi connectivity index (χ0v) is 13.6. The van der Waals surface area contributed by atoms with Crippen LogP contribution in [0.15, 0.2) is 0 Å². The molecule has 0 unspecified atom stereocenters. The van der Waals surface area contributed by atoms with Gasteiger partial charge in [0.05, 0.1) is 6.54 Å². The van der Waals surface area contributed by atoms with Gasteiger partial charge in [0.2, 0.25) is 5.91 Å². The summed E-state index contributed by atoms with van der Waals surface area (Å²) in [6.45, 7) is 3.90. The monoisotopic (exact) mass is 338 g/mol. The van der Waals surface area contributed by atoms with Crippen LogP contribution in [0.1, 0.15) is 25.7 Å². The highest BCUT2D eigenvalue weighted by molar-refractivity contribution is 6.01. The van der Waals surface area contributed by atoms with Gasteiger partial charge in [0.25, 0.3) is 11.8 Å². The van der Waals surface area contributed by atoms with Crippen molar-refractivity contribution in [1.29, 1.82) is 0 Å². The number of hydrogen-bond acceptors (Lipinski definition) is 6. The van der Waals surface area contributed by atoms with E-state index >= 15 is 0 Å². The minimum atomic E-state index is -0.717. The van der Waals surface area contributed by atoms with Crippen LogP contribution < -0.4 is 0 Å². The van der Waals surface area contributed by atoms with Gasteiger partial charge in [-0.1, -0.05) is 0 Å². The number of piperazine rings is 1. The Morgan fingerprint density at radius 1 is 0.833 bits per heavy atom. The van der Waals surface area contributed by atoms with Crippen LogP contribution in [0.25, 0.3) is 0 Å². The predicted molar refractivity (Wildman–Crippen MR) is 81.4 cm³/mol. The van der Waals surface area contributed by atoms with E-state index < -0.39 is 17.9 Å². The van der Waals surface area contributed by atoms with Gasteiger partial charge in [-0.25, -0.2) is 4.79 Å². The lowest BCUT2D eigenvalue weighted by Gasteiger charge is -2.35. The Bertz CT molecular complexity index is 522. The molecular formula is C15H22N4O5. The highest BCUT2D eigenvalue weighted by Gasteiger charge is 2.35. The Kier molecular flexibility index (Phi) is 4.98. The second-order valence-electron chi connectivity index (χ2n) is 6.29. The first kappa shape index (κ1) is 16.7. The largest absolute Gasteiger partial charge is 0.434 e. The normalized spacial score (nSPS) is 22.4. The number of rotatable bonds is 3. The summed E-state index contributed by atoms with van der Waals surface area (Å²) >= 11 is 0. The van der Waals surface area contributed by atoms with Gasteiger partial charge < -0.3 is 14.6 Å². The summed E-state index contributed by atoms with van der Waals surface area (Å²) in [5.41, 5.74) is 0. The standard InChI is InChI=1S/C15H22N4O5/c20-12-3-4-13(21)19(12)24-15(23)18-9-7-17(8-10-18)14(22)11-16-5-1-2-6-16/h1-11H2. The van der Waals surface area contributed by atoms with Crippen molar-refractivity contribution in [1.82, 2.24) is 19.8 Å². The predicted octanol–water partition coefficient (Wildman–Crippen LogP) is -0.573. The number of hydroxylamine groups is 2. The number of likely N-dealkylation sites (tertiary alicyclic amines) is 1. The molecule has 4 amide bonds. The second kappa shape index (κ2) is 7.16. The molecule has 0 radical (unpaired) electrons. The maximum absolute atomic E-state index is 12.2. The average Bonchev–Trinajstić information content (AvgIpc) is 3.20. The van der Waals surface area contributed by atoms with Crippen LogP contribution >= 0.6 is 0 Å². The molecule has 0 aromatic carbocycles. The molecule has 24 heavy (non-hydrogen) atoms. The SMILES string of the molecule is O=C(CN1CCCC1)N1CCN(C(=O)ON2C(=O)CCC2=O)CC1. The molecule has 3 aliphatic rings. The Labute approximate surface area is 140 Å². The summed E-state index contributed by atoms with van der Waals surface area (Å²) in [5, 5.41) is 0.549. The van der Waals surface area contributed by atoms with Crippen LogP contribution in [0.5, 0.6) is 0 Å². The molecule has 3 rings (SSSR count). The van der Waals surface area contributed by atoms with Crippen molar-refractivity contribution >= 4 is 23.8 Å². The number of imide groups is 1. The Morgan fingerprint density at radius 2 is 1.38 bits per heavy atom. The topological polar surface area (TPSA) is 90.5 Å². The Balaban J connectivity index is 1.44. The van der Waals surface area contributed by atoms with Crippen molar-refractivity contribution in [2.45, 2.75) is 25.7 Å². The van der Waals surface area contributed by atoms with Gasteiger partial charge in [-0.3, -0.25) is 19.3 Å². The third kappa shape index (κ3) is 3.66. The van der Waals surface area contributed by atoms with E-state index in [4.69, 9.17) is 4.84 Å². The number of amides is 4. The lowest BCUT2D eigenvalue weighted by atomic mass is 10.3. The lowest BCUT2D eigenvalue weighted by molar-refractivity contribution is -0.174. The fourth-order valence-electron chi connectivity index (χ4n) is 3.16. The molecule has 3 aliphatic heterocycles. The third-order valence-corrected chi connectivity index (χ3v) is 4.62. The van der Waals surface area contributed by atoms with Crippen LogP contribution in [0, 0.1) is 0 Å². The van der Waals surface area contributed by atoms with Gasteiger partial charge in [-0.15, -0.1) is 5.06 Å². The minimum absolute atomic E-state index is 0.0743. The van der Waals surface area contributed by atoms with E-state index in [1.807, 2.05) is 0 Å². The van der Waals surface area contributed by atoms with E-state index in [1.165, 1.54) is 4.90 Å². The zero-order chi connectivity index (χ0) is 17.1. The van der Waals surface area contributed by atoms with Crippen LogP contribution in [-0.2, 0) is 19.2 Å². The molecule has 3 heterocycles. The van der Waals surface area contributed by atoms with E-state index in [1.54, 1.807) is 4.90 Å². The van der Waals surface area contributed by atoms with Gasteiger partial charge >= 0.3 is 6.09 Å². The summed E-state index contributed by atoms with van der Waals surface area (Å²) in [7, 11) is 0. The molecule has 132 valence electrons. The molecule has 0 atom stereocenters. The van der Waals surface area contributed by atoms with Crippen molar-refractivity contribution in [2.75, 3.05) is 45.8 Å². The van der Waals surface area contributed by atoms with Crippen LogP contribution in [-0.4, -0.2) is 89.4 Å². The number of hydrogen-bond donors (Lipinski definition) is 0. The number of nitrogens with zero attached hydrogens (tertiary/aromatic N) is 4. The fraction of sp³-hybridized carbons (Fsp3) is 0.733. The molecule has 9 nitrogen and oxygen atoms in total. The first-order chi connectivity index (χ1) is 11.5. The molecule has 0 aromatic rings. The van der Waals surface area contributed by atoms with E-state index in [0.717, 1.165) is 25.9 Å². The van der Waals surface area contributed by atoms with E-state index in [-0.39, 0.29) is 18.7 Å². The quantitative estimate of drug-likeness (QED) is 0.640. The first-order valence-corrected chi connectivity index (χ1v) is 8.37. The molecule has 3 fully saturated rings. The lowest BCUT2D eigenvalue weighted by Crippen LogP contribution is -2.53. The zero-order valence-electron chi connectivity index (χ0n) is 13.6. The maximum Gasteiger partial charge on any atom is 0.434 e. The summed E-state index contributed by atoms with van der Waals surface area (Å²) in [4.78, 5) is 57.4. The molecule has 9 heteroatoms. The Morgan fingerprint density at radius 3 is 1.96 bits per heavy atom. The van der Waals surface area contributed by atoms with Crippen LogP contribution in [0.4, 0.5) is 4.79 Å². The molecule has 0 aromatic heterocycles. The number of carbonyl (C=O) groups is 4. The Hall–Kier alpha value is -2.16. The van der Waals surface area contributed by atoms with Crippen LogP contribution in [0.3, 0.4) is 0 Å². The smallest absolute Gasteiger partial charge is 0.338 e. The van der Waals surface area contributed by atoms with Gasteiger partial charge in [0.1, 0.15) is 0 Å². The van der Waals surface area contributed by atoms with Gasteiger partial charge in [0.15, 0.2) is 0 Å². The van der Waals surface area contributed by atoms with Crippen molar-refractivity contribution < 1.29 is 24.0 Å². The van der Waals surface area contributed by atoms with Gasteiger partial charge in [-0.2, -0.15) is 0 Å². The molecule has 0 aliphatic carbocycles. The molecular weight excluding hydrogens is 316 g/mol. The van der Waals surface area contributed by atoms with E-state index in [2.05, 4.69) is 4.90 Å². The van der Waals surface area contributed by atoms with Crippen molar-refractivity contribution in [2.24, 2.45) is 0 Å².